The summed E-state index contributed by atoms with van der Waals surface area (Å²) in [7, 11) is -3.43. The first-order chi connectivity index (χ1) is 10.7. The van der Waals surface area contributed by atoms with Gasteiger partial charge in [0.05, 0.1) is 4.90 Å². The average molecular weight is 331 g/mol. The summed E-state index contributed by atoms with van der Waals surface area (Å²) in [6.45, 7) is 8.86. The number of benzene rings is 2. The van der Waals surface area contributed by atoms with E-state index in [0.29, 0.717) is 17.9 Å². The first kappa shape index (κ1) is 17.7. The van der Waals surface area contributed by atoms with E-state index in [1.165, 1.54) is 5.56 Å². The lowest BCUT2D eigenvalue weighted by Gasteiger charge is -2.19. The highest BCUT2D eigenvalue weighted by Crippen LogP contribution is 2.22. The van der Waals surface area contributed by atoms with Crippen LogP contribution in [0.1, 0.15) is 37.5 Å². The van der Waals surface area contributed by atoms with Gasteiger partial charge in [0.15, 0.2) is 0 Å². The summed E-state index contributed by atoms with van der Waals surface area (Å²) in [6.07, 6.45) is 0.676. The standard InChI is InChI=1S/C19H25NO2S/c1-15-5-11-18(12-6-15)23(21,22)20-14-13-16-7-9-17(10-8-16)19(2,3)4/h5-12,20H,13-14H2,1-4H3. The summed E-state index contributed by atoms with van der Waals surface area (Å²) in [5, 5.41) is 0. The molecule has 0 saturated heterocycles. The van der Waals surface area contributed by atoms with Gasteiger partial charge in [0.25, 0.3) is 0 Å². The molecule has 0 spiro atoms. The molecular formula is C19H25NO2S. The van der Waals surface area contributed by atoms with Crippen molar-refractivity contribution in [3.05, 3.63) is 65.2 Å². The SMILES string of the molecule is Cc1ccc(S(=O)(=O)NCCc2ccc(C(C)(C)C)cc2)cc1. The molecule has 0 aliphatic heterocycles. The fourth-order valence-electron chi connectivity index (χ4n) is 2.30. The number of hydrogen-bond acceptors (Lipinski definition) is 2. The summed E-state index contributed by atoms with van der Waals surface area (Å²) >= 11 is 0. The number of rotatable bonds is 5. The van der Waals surface area contributed by atoms with Gasteiger partial charge in [0.1, 0.15) is 0 Å². The minimum atomic E-state index is -3.43. The molecule has 23 heavy (non-hydrogen) atoms. The molecule has 2 aromatic rings. The predicted molar refractivity (Wildman–Crippen MR) is 95.2 cm³/mol. The van der Waals surface area contributed by atoms with Crippen LogP contribution in [0.4, 0.5) is 0 Å². The Balaban J connectivity index is 1.95. The summed E-state index contributed by atoms with van der Waals surface area (Å²) in [5.74, 6) is 0. The highest BCUT2D eigenvalue weighted by Gasteiger charge is 2.14. The van der Waals surface area contributed by atoms with Gasteiger partial charge in [-0.15, -0.1) is 0 Å². The normalized spacial score (nSPS) is 12.3. The lowest BCUT2D eigenvalue weighted by Crippen LogP contribution is -2.26. The fraction of sp³-hybridized carbons (Fsp3) is 0.368. The maximum absolute atomic E-state index is 12.2. The van der Waals surface area contributed by atoms with E-state index in [-0.39, 0.29) is 5.41 Å². The molecule has 0 radical (unpaired) electrons. The predicted octanol–water partition coefficient (Wildman–Crippen LogP) is 3.81. The van der Waals surface area contributed by atoms with Gasteiger partial charge in [0, 0.05) is 6.54 Å². The molecule has 0 unspecified atom stereocenters. The van der Waals surface area contributed by atoms with Gasteiger partial charge >= 0.3 is 0 Å². The molecule has 2 aromatic carbocycles. The van der Waals surface area contributed by atoms with Gasteiger partial charge in [-0.05, 0) is 42.0 Å². The molecule has 0 saturated carbocycles. The molecule has 0 heterocycles. The summed E-state index contributed by atoms with van der Waals surface area (Å²) in [5.41, 5.74) is 3.58. The van der Waals surface area contributed by atoms with E-state index in [2.05, 4.69) is 49.8 Å². The van der Waals surface area contributed by atoms with Crippen molar-refractivity contribution in [1.29, 1.82) is 0 Å². The summed E-state index contributed by atoms with van der Waals surface area (Å²) < 4.78 is 27.1. The van der Waals surface area contributed by atoms with Gasteiger partial charge in [0.2, 0.25) is 10.0 Å². The van der Waals surface area contributed by atoms with Crippen LogP contribution in [0.3, 0.4) is 0 Å². The molecule has 0 aromatic heterocycles. The summed E-state index contributed by atoms with van der Waals surface area (Å²) in [6, 6.07) is 15.3. The topological polar surface area (TPSA) is 46.2 Å². The second-order valence-corrected chi connectivity index (χ2v) is 8.67. The van der Waals surface area contributed by atoms with Crippen LogP contribution in [0.15, 0.2) is 53.4 Å². The van der Waals surface area contributed by atoms with Gasteiger partial charge in [-0.25, -0.2) is 13.1 Å². The Morgan fingerprint density at radius 3 is 2.00 bits per heavy atom. The Morgan fingerprint density at radius 2 is 1.48 bits per heavy atom. The van der Waals surface area contributed by atoms with Crippen molar-refractivity contribution >= 4 is 10.0 Å². The lowest BCUT2D eigenvalue weighted by atomic mass is 9.86. The van der Waals surface area contributed by atoms with Gasteiger partial charge in [-0.2, -0.15) is 0 Å². The molecule has 0 atom stereocenters. The minimum absolute atomic E-state index is 0.131. The molecule has 1 N–H and O–H groups in total. The van der Waals surface area contributed by atoms with Crippen molar-refractivity contribution in [2.75, 3.05) is 6.54 Å². The van der Waals surface area contributed by atoms with E-state index >= 15 is 0 Å². The molecule has 0 bridgehead atoms. The Bertz CT molecular complexity index is 739. The zero-order valence-corrected chi connectivity index (χ0v) is 15.1. The molecule has 3 nitrogen and oxygen atoms in total. The van der Waals surface area contributed by atoms with Gasteiger partial charge < -0.3 is 0 Å². The molecule has 124 valence electrons. The van der Waals surface area contributed by atoms with E-state index in [0.717, 1.165) is 11.1 Å². The number of hydrogen-bond donors (Lipinski definition) is 1. The molecule has 4 heteroatoms. The third-order valence-electron chi connectivity index (χ3n) is 3.86. The monoisotopic (exact) mass is 331 g/mol. The maximum atomic E-state index is 12.2. The van der Waals surface area contributed by atoms with Crippen molar-refractivity contribution in [2.45, 2.75) is 44.4 Å². The van der Waals surface area contributed by atoms with Crippen molar-refractivity contribution in [3.63, 3.8) is 0 Å². The highest BCUT2D eigenvalue weighted by atomic mass is 32.2. The van der Waals surface area contributed by atoms with E-state index < -0.39 is 10.0 Å². The third kappa shape index (κ3) is 4.91. The maximum Gasteiger partial charge on any atom is 0.240 e. The second-order valence-electron chi connectivity index (χ2n) is 6.91. The van der Waals surface area contributed by atoms with Crippen molar-refractivity contribution in [1.82, 2.24) is 4.72 Å². The Morgan fingerprint density at radius 1 is 0.913 bits per heavy atom. The third-order valence-corrected chi connectivity index (χ3v) is 5.33. The zero-order chi connectivity index (χ0) is 17.1. The van der Waals surface area contributed by atoms with E-state index in [4.69, 9.17) is 0 Å². The largest absolute Gasteiger partial charge is 0.240 e. The first-order valence-corrected chi connectivity index (χ1v) is 9.32. The van der Waals surface area contributed by atoms with Gasteiger partial charge in [-0.1, -0.05) is 62.7 Å². The second kappa shape index (κ2) is 6.85. The molecule has 0 amide bonds. The smallest absolute Gasteiger partial charge is 0.211 e. The van der Waals surface area contributed by atoms with E-state index in [9.17, 15) is 8.42 Å². The molecule has 2 rings (SSSR count). The van der Waals surface area contributed by atoms with Crippen LogP contribution < -0.4 is 4.72 Å². The van der Waals surface area contributed by atoms with Crippen LogP contribution in [-0.2, 0) is 21.9 Å². The number of nitrogens with one attached hydrogen (secondary N) is 1. The van der Waals surface area contributed by atoms with Crippen LogP contribution in [0, 0.1) is 6.92 Å². The zero-order valence-electron chi connectivity index (χ0n) is 14.3. The van der Waals surface area contributed by atoms with Crippen molar-refractivity contribution < 1.29 is 8.42 Å². The molecule has 0 fully saturated rings. The fourth-order valence-corrected chi connectivity index (χ4v) is 3.33. The number of aryl methyl sites for hydroxylation is 1. The van der Waals surface area contributed by atoms with Crippen LogP contribution in [0.25, 0.3) is 0 Å². The number of sulfonamides is 1. The van der Waals surface area contributed by atoms with E-state index in [1.807, 2.05) is 6.92 Å². The van der Waals surface area contributed by atoms with Crippen LogP contribution >= 0.6 is 0 Å². The van der Waals surface area contributed by atoms with Gasteiger partial charge in [-0.3, -0.25) is 0 Å². The molecular weight excluding hydrogens is 306 g/mol. The Hall–Kier alpha value is -1.65. The molecule has 0 aliphatic rings. The van der Waals surface area contributed by atoms with E-state index in [1.54, 1.807) is 24.3 Å². The Kier molecular flexibility index (Phi) is 5.27. The van der Waals surface area contributed by atoms with Crippen LogP contribution in [0.5, 0.6) is 0 Å². The minimum Gasteiger partial charge on any atom is -0.211 e. The van der Waals surface area contributed by atoms with Crippen molar-refractivity contribution in [2.24, 2.45) is 0 Å². The first-order valence-electron chi connectivity index (χ1n) is 7.84. The Labute approximate surface area is 139 Å². The van der Waals surface area contributed by atoms with Crippen LogP contribution in [-0.4, -0.2) is 15.0 Å². The highest BCUT2D eigenvalue weighted by molar-refractivity contribution is 7.89. The molecule has 0 aliphatic carbocycles. The van der Waals surface area contributed by atoms with Crippen LogP contribution in [0.2, 0.25) is 0 Å². The average Bonchev–Trinajstić information content (AvgIpc) is 2.47. The quantitative estimate of drug-likeness (QED) is 0.905. The van der Waals surface area contributed by atoms with Crippen molar-refractivity contribution in [3.8, 4) is 0 Å². The summed E-state index contributed by atoms with van der Waals surface area (Å²) in [4.78, 5) is 0.311. The lowest BCUT2D eigenvalue weighted by molar-refractivity contribution is 0.581.